The molecule has 0 amide bonds. The molecule has 0 saturated heterocycles. The van der Waals surface area contributed by atoms with Gasteiger partial charge in [0, 0.05) is 45.0 Å². The van der Waals surface area contributed by atoms with Crippen molar-refractivity contribution in [3.05, 3.63) is 209 Å². The first-order valence-corrected chi connectivity index (χ1v) is 24.1. The number of fused-ring (bicyclic) bond motifs is 7. The third-order valence-electron chi connectivity index (χ3n) is 15.1. The zero-order valence-electron chi connectivity index (χ0n) is 40.5. The van der Waals surface area contributed by atoms with Crippen LogP contribution in [0.3, 0.4) is 0 Å². The summed E-state index contributed by atoms with van der Waals surface area (Å²) in [4.78, 5) is 4.95. The predicted octanol–water partition coefficient (Wildman–Crippen LogP) is 18.2. The molecular formula is C64H62N2. The number of allylic oxidation sites excluding steroid dienone is 4. The van der Waals surface area contributed by atoms with Crippen LogP contribution >= 0.6 is 0 Å². The highest BCUT2D eigenvalue weighted by atomic mass is 15.1. The highest BCUT2D eigenvalue weighted by Crippen LogP contribution is 2.54. The van der Waals surface area contributed by atoms with Crippen molar-refractivity contribution in [2.45, 2.75) is 104 Å². The van der Waals surface area contributed by atoms with Gasteiger partial charge in [0.15, 0.2) is 0 Å². The van der Waals surface area contributed by atoms with E-state index in [0.717, 1.165) is 35.6 Å². The van der Waals surface area contributed by atoms with E-state index in [2.05, 4.69) is 249 Å². The Bertz CT molecular complexity index is 3310. The lowest BCUT2D eigenvalue weighted by molar-refractivity contribution is 0.593. The van der Waals surface area contributed by atoms with Crippen molar-refractivity contribution in [1.29, 1.82) is 0 Å². The fourth-order valence-electron chi connectivity index (χ4n) is 12.1. The minimum absolute atomic E-state index is 0.0244. The average molecular weight is 859 g/mol. The molecule has 3 aliphatic rings. The van der Waals surface area contributed by atoms with Crippen LogP contribution in [0.1, 0.15) is 115 Å². The van der Waals surface area contributed by atoms with Crippen LogP contribution in [0.2, 0.25) is 0 Å². The lowest BCUT2D eigenvalue weighted by Crippen LogP contribution is -2.19. The SMILES string of the molecule is CC(C)(C)c1c2ccc(N(c3ccccc3)c3ccc4c(c3)C(C)(C)C3=C4C=CCC3)cc2c(C(C)(C)C)c2cc(N(c3ccccc3)c3ccc4c(c3)C(C)(C)c3ccccc3-4)ccc12. The van der Waals surface area contributed by atoms with Crippen molar-refractivity contribution >= 4 is 61.2 Å². The van der Waals surface area contributed by atoms with Gasteiger partial charge in [-0.25, -0.2) is 0 Å². The topological polar surface area (TPSA) is 6.48 Å². The zero-order chi connectivity index (χ0) is 45.9. The number of rotatable bonds is 6. The van der Waals surface area contributed by atoms with E-state index < -0.39 is 0 Å². The third kappa shape index (κ3) is 6.51. The Morgan fingerprint density at radius 1 is 0.394 bits per heavy atom. The molecule has 0 spiro atoms. The van der Waals surface area contributed by atoms with Gasteiger partial charge in [0.25, 0.3) is 0 Å². The monoisotopic (exact) mass is 858 g/mol. The van der Waals surface area contributed by atoms with Crippen molar-refractivity contribution in [3.63, 3.8) is 0 Å². The van der Waals surface area contributed by atoms with E-state index in [9.17, 15) is 0 Å². The van der Waals surface area contributed by atoms with Gasteiger partial charge in [-0.15, -0.1) is 0 Å². The summed E-state index contributed by atoms with van der Waals surface area (Å²) in [5.74, 6) is 0. The molecule has 0 bridgehead atoms. The van der Waals surface area contributed by atoms with E-state index in [-0.39, 0.29) is 21.7 Å². The molecule has 0 radical (unpaired) electrons. The Labute approximate surface area is 393 Å². The predicted molar refractivity (Wildman–Crippen MR) is 284 cm³/mol. The second-order valence-corrected chi connectivity index (χ2v) is 22.1. The first-order valence-electron chi connectivity index (χ1n) is 24.1. The average Bonchev–Trinajstić information content (AvgIpc) is 3.67. The molecule has 0 fully saturated rings. The van der Waals surface area contributed by atoms with Gasteiger partial charge in [-0.05, 0) is 168 Å². The summed E-state index contributed by atoms with van der Waals surface area (Å²) in [6, 6.07) is 59.7. The van der Waals surface area contributed by atoms with Gasteiger partial charge in [0.1, 0.15) is 0 Å². The maximum Gasteiger partial charge on any atom is 0.0468 e. The van der Waals surface area contributed by atoms with Gasteiger partial charge >= 0.3 is 0 Å². The van der Waals surface area contributed by atoms with Crippen LogP contribution in [-0.2, 0) is 21.7 Å². The molecule has 0 unspecified atom stereocenters. The minimum Gasteiger partial charge on any atom is -0.310 e. The Balaban J connectivity index is 1.14. The molecule has 3 aliphatic carbocycles. The Kier molecular flexibility index (Phi) is 9.51. The van der Waals surface area contributed by atoms with Crippen LogP contribution in [0.25, 0.3) is 38.2 Å². The first kappa shape index (κ1) is 42.0. The highest BCUT2D eigenvalue weighted by molar-refractivity contribution is 6.10. The van der Waals surface area contributed by atoms with Crippen molar-refractivity contribution in [2.75, 3.05) is 9.80 Å². The van der Waals surface area contributed by atoms with E-state index in [1.165, 1.54) is 83.0 Å². The molecule has 328 valence electrons. The molecule has 0 heterocycles. The summed E-state index contributed by atoms with van der Waals surface area (Å²) < 4.78 is 0. The van der Waals surface area contributed by atoms with Crippen LogP contribution in [0.4, 0.5) is 34.1 Å². The van der Waals surface area contributed by atoms with Crippen LogP contribution in [0.5, 0.6) is 0 Å². The normalized spacial score (nSPS) is 15.7. The lowest BCUT2D eigenvalue weighted by atomic mass is 9.74. The molecule has 8 aromatic carbocycles. The number of nitrogens with zero attached hydrogens (tertiary/aromatic N) is 2. The van der Waals surface area contributed by atoms with Crippen LogP contribution < -0.4 is 9.80 Å². The van der Waals surface area contributed by atoms with E-state index in [4.69, 9.17) is 0 Å². The van der Waals surface area contributed by atoms with Crippen LogP contribution in [0.15, 0.2) is 175 Å². The summed E-state index contributed by atoms with van der Waals surface area (Å²) in [6.07, 6.45) is 6.96. The number of hydrogen-bond donors (Lipinski definition) is 0. The number of hydrogen-bond acceptors (Lipinski definition) is 2. The van der Waals surface area contributed by atoms with Gasteiger partial charge in [-0.1, -0.05) is 172 Å². The Morgan fingerprint density at radius 2 is 0.833 bits per heavy atom. The Morgan fingerprint density at radius 3 is 1.38 bits per heavy atom. The second kappa shape index (κ2) is 14.9. The molecule has 0 saturated carbocycles. The number of para-hydroxylation sites is 2. The molecule has 0 N–H and O–H groups in total. The van der Waals surface area contributed by atoms with Gasteiger partial charge in [0.05, 0.1) is 0 Å². The molecule has 8 aromatic rings. The van der Waals surface area contributed by atoms with Crippen molar-refractivity contribution in [1.82, 2.24) is 0 Å². The summed E-state index contributed by atoms with van der Waals surface area (Å²) in [7, 11) is 0. The summed E-state index contributed by atoms with van der Waals surface area (Å²) >= 11 is 0. The lowest BCUT2D eigenvalue weighted by Gasteiger charge is -2.33. The number of anilines is 6. The molecule has 11 rings (SSSR count). The third-order valence-corrected chi connectivity index (χ3v) is 15.1. The van der Waals surface area contributed by atoms with E-state index in [1.807, 2.05) is 0 Å². The van der Waals surface area contributed by atoms with Gasteiger partial charge in [-0.3, -0.25) is 0 Å². The fourth-order valence-corrected chi connectivity index (χ4v) is 12.1. The first-order chi connectivity index (χ1) is 31.5. The maximum atomic E-state index is 2.50. The molecule has 2 nitrogen and oxygen atoms in total. The van der Waals surface area contributed by atoms with Crippen molar-refractivity contribution < 1.29 is 0 Å². The van der Waals surface area contributed by atoms with E-state index >= 15 is 0 Å². The van der Waals surface area contributed by atoms with Crippen LogP contribution in [0, 0.1) is 0 Å². The summed E-state index contributed by atoms with van der Waals surface area (Å²) in [5, 5.41) is 5.26. The fraction of sp³-hybridized carbons (Fsp3) is 0.250. The summed E-state index contributed by atoms with van der Waals surface area (Å²) in [6.45, 7) is 23.9. The second-order valence-electron chi connectivity index (χ2n) is 22.1. The van der Waals surface area contributed by atoms with Crippen molar-refractivity contribution in [2.24, 2.45) is 0 Å². The van der Waals surface area contributed by atoms with Crippen molar-refractivity contribution in [3.8, 4) is 11.1 Å². The quantitative estimate of drug-likeness (QED) is 0.154. The molecule has 2 heteroatoms. The highest BCUT2D eigenvalue weighted by Gasteiger charge is 2.39. The summed E-state index contributed by atoms with van der Waals surface area (Å²) in [5.41, 5.74) is 20.5. The number of benzene rings is 8. The molecule has 66 heavy (non-hydrogen) atoms. The van der Waals surface area contributed by atoms with E-state index in [1.54, 1.807) is 5.57 Å². The largest absolute Gasteiger partial charge is 0.310 e. The Hall–Kier alpha value is -6.64. The maximum absolute atomic E-state index is 2.50. The standard InChI is InChI=1S/C64H62N2/c1-61(2,3)59-51-35-31-43(65(41-21-13-11-14-22-41)45-29-33-49-47-25-17-19-27-55(47)63(7,8)57(49)39-45)37-53(51)60(62(4,5)6)54-38-44(32-36-52(54)59)66(42-23-15-12-16-24-42)46-30-34-50-48-26-18-20-28-56(48)64(9,10)58(50)40-46/h11-19,21-27,29-40H,20,28H2,1-10H3. The molecule has 0 aliphatic heterocycles. The van der Waals surface area contributed by atoms with Gasteiger partial charge in [-0.2, -0.15) is 0 Å². The minimum atomic E-state index is -0.182. The van der Waals surface area contributed by atoms with Gasteiger partial charge < -0.3 is 9.80 Å². The van der Waals surface area contributed by atoms with E-state index in [0.29, 0.717) is 0 Å². The smallest absolute Gasteiger partial charge is 0.0468 e. The van der Waals surface area contributed by atoms with Crippen LogP contribution in [-0.4, -0.2) is 0 Å². The molecule has 0 aromatic heterocycles. The zero-order valence-corrected chi connectivity index (χ0v) is 40.5. The molecule has 0 atom stereocenters. The van der Waals surface area contributed by atoms with Gasteiger partial charge in [0.2, 0.25) is 0 Å². The molecular weight excluding hydrogens is 797 g/mol.